The van der Waals surface area contributed by atoms with Crippen LogP contribution in [-0.4, -0.2) is 33.6 Å². The second kappa shape index (κ2) is 9.25. The van der Waals surface area contributed by atoms with Gasteiger partial charge in [-0.2, -0.15) is 5.10 Å². The first-order valence-electron chi connectivity index (χ1n) is 9.87. The first-order valence-corrected chi connectivity index (χ1v) is 9.87. The van der Waals surface area contributed by atoms with Crippen LogP contribution in [0.25, 0.3) is 0 Å². The van der Waals surface area contributed by atoms with Crippen molar-refractivity contribution in [1.29, 1.82) is 0 Å². The summed E-state index contributed by atoms with van der Waals surface area (Å²) in [5.74, 6) is 0.183. The Labute approximate surface area is 184 Å². The Kier molecular flexibility index (Phi) is 6.07. The van der Waals surface area contributed by atoms with E-state index in [1.807, 2.05) is 0 Å². The molecule has 8 nitrogen and oxygen atoms in total. The Morgan fingerprint density at radius 2 is 2.12 bits per heavy atom. The molecule has 1 aliphatic rings. The van der Waals surface area contributed by atoms with Gasteiger partial charge in [-0.1, -0.05) is 30.8 Å². The van der Waals surface area contributed by atoms with Crippen LogP contribution in [0, 0.1) is 5.82 Å². The monoisotopic (exact) mass is 432 g/mol. The first-order chi connectivity index (χ1) is 15.5. The molecular weight excluding hydrogens is 411 g/mol. The predicted octanol–water partition coefficient (Wildman–Crippen LogP) is 3.70. The summed E-state index contributed by atoms with van der Waals surface area (Å²) in [5.41, 5.74) is 7.85. The maximum Gasteiger partial charge on any atom is 0.247 e. The van der Waals surface area contributed by atoms with Gasteiger partial charge in [0.25, 0.3) is 0 Å². The van der Waals surface area contributed by atoms with Gasteiger partial charge in [0.15, 0.2) is 0 Å². The van der Waals surface area contributed by atoms with Gasteiger partial charge in [0, 0.05) is 36.0 Å². The van der Waals surface area contributed by atoms with Crippen molar-refractivity contribution in [1.82, 2.24) is 15.0 Å². The summed E-state index contributed by atoms with van der Waals surface area (Å²) in [6, 6.07) is 13.5. The van der Waals surface area contributed by atoms with Gasteiger partial charge in [-0.25, -0.2) is 14.4 Å². The molecule has 9 heteroatoms. The van der Waals surface area contributed by atoms with Crippen LogP contribution in [0.1, 0.15) is 17.0 Å². The maximum absolute atomic E-state index is 14.0. The number of rotatable bonds is 7. The fourth-order valence-corrected chi connectivity index (χ4v) is 3.35. The van der Waals surface area contributed by atoms with Gasteiger partial charge in [0.05, 0.1) is 12.1 Å². The number of aromatic nitrogens is 2. The highest BCUT2D eigenvalue weighted by atomic mass is 19.1. The number of hydrogen-bond acceptors (Lipinski definition) is 7. The highest BCUT2D eigenvalue weighted by Gasteiger charge is 2.27. The number of benzene rings is 2. The molecule has 0 saturated heterocycles. The third kappa shape index (κ3) is 4.72. The quantitative estimate of drug-likeness (QED) is 0.552. The average molecular weight is 432 g/mol. The van der Waals surface area contributed by atoms with E-state index >= 15 is 0 Å². The molecule has 32 heavy (non-hydrogen) atoms. The lowest BCUT2D eigenvalue weighted by Crippen LogP contribution is -2.19. The summed E-state index contributed by atoms with van der Waals surface area (Å²) in [6.45, 7) is 4.24. The highest BCUT2D eigenvalue weighted by molar-refractivity contribution is 5.98. The van der Waals surface area contributed by atoms with Gasteiger partial charge in [0.2, 0.25) is 11.8 Å². The molecule has 0 fully saturated rings. The van der Waals surface area contributed by atoms with Crippen molar-refractivity contribution in [3.63, 3.8) is 0 Å². The molecule has 2 aromatic carbocycles. The van der Waals surface area contributed by atoms with E-state index in [4.69, 9.17) is 10.5 Å². The zero-order chi connectivity index (χ0) is 22.5. The zero-order valence-corrected chi connectivity index (χ0v) is 17.1. The minimum Gasteiger partial charge on any atom is -0.438 e. The fraction of sp³-hybridized carbons (Fsp3) is 0.130. The largest absolute Gasteiger partial charge is 0.438 e. The summed E-state index contributed by atoms with van der Waals surface area (Å²) >= 11 is 0. The van der Waals surface area contributed by atoms with E-state index in [1.54, 1.807) is 53.7 Å². The van der Waals surface area contributed by atoms with Crippen molar-refractivity contribution in [3.05, 3.63) is 84.5 Å². The molecule has 0 aliphatic carbocycles. The minimum absolute atomic E-state index is 0.235. The predicted molar refractivity (Wildman–Crippen MR) is 120 cm³/mol. The summed E-state index contributed by atoms with van der Waals surface area (Å²) in [4.78, 5) is 19.9. The third-order valence-electron chi connectivity index (χ3n) is 4.88. The van der Waals surface area contributed by atoms with Crippen LogP contribution in [0.2, 0.25) is 0 Å². The van der Waals surface area contributed by atoms with Crippen LogP contribution in [0.5, 0.6) is 11.6 Å². The number of hydrazone groups is 1. The molecule has 0 saturated carbocycles. The van der Waals surface area contributed by atoms with Crippen molar-refractivity contribution in [2.24, 2.45) is 5.10 Å². The molecule has 1 unspecified atom stereocenters. The van der Waals surface area contributed by atoms with Crippen molar-refractivity contribution in [3.8, 4) is 11.6 Å². The number of nitrogens with two attached hydrogens (primary N) is 1. The van der Waals surface area contributed by atoms with Crippen molar-refractivity contribution in [2.75, 3.05) is 17.6 Å². The molecule has 3 aromatic rings. The van der Waals surface area contributed by atoms with Crippen molar-refractivity contribution < 1.29 is 13.9 Å². The Hall–Kier alpha value is -4.27. The van der Waals surface area contributed by atoms with E-state index in [0.29, 0.717) is 35.7 Å². The Bertz CT molecular complexity index is 1180. The van der Waals surface area contributed by atoms with E-state index in [0.717, 1.165) is 0 Å². The summed E-state index contributed by atoms with van der Waals surface area (Å²) in [5, 5.41) is 8.83. The van der Waals surface area contributed by atoms with Gasteiger partial charge in [-0.3, -0.25) is 9.80 Å². The lowest BCUT2D eigenvalue weighted by atomic mass is 10.0. The number of carbonyl (C=O) groups excluding carboxylic acids is 1. The number of halogens is 1. The van der Waals surface area contributed by atoms with Crippen molar-refractivity contribution in [2.45, 2.75) is 12.5 Å². The number of hydrogen-bond donors (Lipinski definition) is 2. The summed E-state index contributed by atoms with van der Waals surface area (Å²) in [6.07, 6.45) is 4.23. The van der Waals surface area contributed by atoms with Gasteiger partial charge < -0.3 is 15.8 Å². The fourth-order valence-electron chi connectivity index (χ4n) is 3.35. The van der Waals surface area contributed by atoms with Crippen LogP contribution >= 0.6 is 0 Å². The molecule has 162 valence electrons. The van der Waals surface area contributed by atoms with Crippen LogP contribution in [0.4, 0.5) is 15.9 Å². The molecule has 0 bridgehead atoms. The number of amides is 1. The Morgan fingerprint density at radius 1 is 1.28 bits per heavy atom. The second-order valence-electron chi connectivity index (χ2n) is 7.11. The van der Waals surface area contributed by atoms with Crippen LogP contribution < -0.4 is 15.8 Å². The molecule has 0 spiro atoms. The molecule has 0 radical (unpaired) electrons. The van der Waals surface area contributed by atoms with Crippen LogP contribution in [0.15, 0.2) is 72.6 Å². The van der Waals surface area contributed by atoms with Gasteiger partial charge in [-0.15, -0.1) is 0 Å². The standard InChI is InChI=1S/C23H21FN6O2/c1-2-20(31)29-17-7-5-8-18(10-17)32-23-21(22(25)26-14-27-23)16-11-28-30(13-16)12-15-6-3-4-9-19(15)24/h2-11,14,16H,1,12-13H2,(H,29,31)(H2,25,26,27). The van der Waals surface area contributed by atoms with Crippen molar-refractivity contribution >= 4 is 23.6 Å². The molecule has 4 rings (SSSR count). The lowest BCUT2D eigenvalue weighted by molar-refractivity contribution is -0.111. The van der Waals surface area contributed by atoms with E-state index in [2.05, 4.69) is 27.0 Å². The topological polar surface area (TPSA) is 106 Å². The number of anilines is 2. The number of ether oxygens (including phenoxy) is 1. The maximum atomic E-state index is 14.0. The zero-order valence-electron chi connectivity index (χ0n) is 17.1. The molecule has 1 aromatic heterocycles. The molecule has 1 amide bonds. The molecule has 1 aliphatic heterocycles. The molecule has 3 N–H and O–H groups in total. The number of nitrogens with one attached hydrogen (secondary N) is 1. The molecule has 1 atom stereocenters. The van der Waals surface area contributed by atoms with E-state index in [1.165, 1.54) is 18.5 Å². The second-order valence-corrected chi connectivity index (χ2v) is 7.11. The highest BCUT2D eigenvalue weighted by Crippen LogP contribution is 2.34. The Morgan fingerprint density at radius 3 is 2.94 bits per heavy atom. The minimum atomic E-state index is -0.328. The number of nitrogens with zero attached hydrogens (tertiary/aromatic N) is 4. The van der Waals surface area contributed by atoms with Gasteiger partial charge in [-0.05, 0) is 24.3 Å². The van der Waals surface area contributed by atoms with Crippen LogP contribution in [0.3, 0.4) is 0 Å². The SMILES string of the molecule is C=CC(=O)Nc1cccc(Oc2ncnc(N)c2C2C=NN(Cc3ccccc3F)C2)c1. The Balaban J connectivity index is 1.52. The molecular formula is C23H21FN6O2. The van der Waals surface area contributed by atoms with Gasteiger partial charge >= 0.3 is 0 Å². The van der Waals surface area contributed by atoms with E-state index in [9.17, 15) is 9.18 Å². The van der Waals surface area contributed by atoms with Gasteiger partial charge in [0.1, 0.15) is 23.7 Å². The summed E-state index contributed by atoms with van der Waals surface area (Å²) in [7, 11) is 0. The van der Waals surface area contributed by atoms with Crippen LogP contribution in [-0.2, 0) is 11.3 Å². The lowest BCUT2D eigenvalue weighted by Gasteiger charge is -2.18. The average Bonchev–Trinajstić information content (AvgIpc) is 3.23. The number of carbonyl (C=O) groups is 1. The smallest absolute Gasteiger partial charge is 0.247 e. The third-order valence-corrected chi connectivity index (χ3v) is 4.88. The number of nitrogen functional groups attached to an aromatic ring is 1. The normalized spacial score (nSPS) is 14.9. The first kappa shape index (κ1) is 21.0. The summed E-state index contributed by atoms with van der Waals surface area (Å²) < 4.78 is 20.0. The van der Waals surface area contributed by atoms with E-state index in [-0.39, 0.29) is 29.3 Å². The van der Waals surface area contributed by atoms with E-state index < -0.39 is 0 Å². The molecule has 2 heterocycles.